The van der Waals surface area contributed by atoms with Gasteiger partial charge in [-0.05, 0) is 65.5 Å². The van der Waals surface area contributed by atoms with Gasteiger partial charge in [-0.2, -0.15) is 0 Å². The summed E-state index contributed by atoms with van der Waals surface area (Å²) < 4.78 is 8.72. The summed E-state index contributed by atoms with van der Waals surface area (Å²) >= 11 is 0. The molecule has 0 unspecified atom stereocenters. The number of fused-ring (bicyclic) bond motifs is 7. The highest BCUT2D eigenvalue weighted by Crippen LogP contribution is 2.47. The van der Waals surface area contributed by atoms with Gasteiger partial charge in [-0.15, -0.1) is 0 Å². The molecule has 8 aromatic carbocycles. The third-order valence-electron chi connectivity index (χ3n) is 9.77. The molecule has 2 heterocycles. The molecule has 49 heavy (non-hydrogen) atoms. The van der Waals surface area contributed by atoms with Crippen LogP contribution in [0.25, 0.3) is 71.3 Å². The quantitative estimate of drug-likeness (QED) is 0.190. The highest BCUT2D eigenvalue weighted by Gasteiger charge is 2.24. The van der Waals surface area contributed by atoms with Crippen LogP contribution in [0.5, 0.6) is 0 Å². The molecule has 0 amide bonds. The molecule has 0 spiro atoms. The molecular weight excluding hydrogens is 597 g/mol. The van der Waals surface area contributed by atoms with E-state index in [1.165, 1.54) is 38.3 Å². The third-order valence-corrected chi connectivity index (χ3v) is 9.77. The van der Waals surface area contributed by atoms with E-state index in [4.69, 9.17) is 4.42 Å². The minimum Gasteiger partial charge on any atom is -0.456 e. The van der Waals surface area contributed by atoms with Gasteiger partial charge in [-0.25, -0.2) is 0 Å². The Hall–Kier alpha value is -6.58. The van der Waals surface area contributed by atoms with Gasteiger partial charge in [-0.3, -0.25) is 0 Å². The number of benzene rings is 8. The zero-order chi connectivity index (χ0) is 32.3. The molecule has 0 radical (unpaired) electrons. The monoisotopic (exact) mass is 626 g/mol. The van der Waals surface area contributed by atoms with E-state index in [1.54, 1.807) is 0 Å². The van der Waals surface area contributed by atoms with E-state index >= 15 is 0 Å². The highest BCUT2D eigenvalue weighted by molar-refractivity contribution is 6.18. The van der Waals surface area contributed by atoms with Gasteiger partial charge in [0.2, 0.25) is 0 Å². The first kappa shape index (κ1) is 27.5. The predicted octanol–water partition coefficient (Wildman–Crippen LogP) is 13.0. The van der Waals surface area contributed by atoms with E-state index in [9.17, 15) is 0 Å². The van der Waals surface area contributed by atoms with Gasteiger partial charge >= 0.3 is 0 Å². The second kappa shape index (κ2) is 11.0. The molecule has 0 saturated carbocycles. The Bertz CT molecular complexity index is 2840. The van der Waals surface area contributed by atoms with Crippen LogP contribution in [-0.2, 0) is 0 Å². The summed E-state index contributed by atoms with van der Waals surface area (Å²) in [6.07, 6.45) is 0. The smallest absolute Gasteiger partial charge is 0.135 e. The van der Waals surface area contributed by atoms with Gasteiger partial charge in [-0.1, -0.05) is 127 Å². The highest BCUT2D eigenvalue weighted by atomic mass is 16.3. The molecule has 0 N–H and O–H groups in total. The van der Waals surface area contributed by atoms with Gasteiger partial charge < -0.3 is 13.9 Å². The van der Waals surface area contributed by atoms with Crippen molar-refractivity contribution in [1.29, 1.82) is 0 Å². The summed E-state index contributed by atoms with van der Waals surface area (Å²) in [6.45, 7) is 0. The van der Waals surface area contributed by atoms with E-state index in [1.807, 2.05) is 12.1 Å². The largest absolute Gasteiger partial charge is 0.456 e. The second-order valence-corrected chi connectivity index (χ2v) is 12.5. The van der Waals surface area contributed by atoms with Crippen LogP contribution in [0.2, 0.25) is 0 Å². The number of rotatable bonds is 5. The Morgan fingerprint density at radius 2 is 1.08 bits per heavy atom. The summed E-state index contributed by atoms with van der Waals surface area (Å²) in [5.41, 5.74) is 10.9. The van der Waals surface area contributed by atoms with Crippen molar-refractivity contribution in [3.8, 4) is 16.8 Å². The third kappa shape index (κ3) is 4.29. The van der Waals surface area contributed by atoms with Crippen molar-refractivity contribution in [3.05, 3.63) is 182 Å². The first-order valence-electron chi connectivity index (χ1n) is 16.7. The van der Waals surface area contributed by atoms with E-state index in [0.717, 1.165) is 50.1 Å². The number of hydrogen-bond donors (Lipinski definition) is 0. The van der Waals surface area contributed by atoms with E-state index < -0.39 is 0 Å². The zero-order valence-electron chi connectivity index (χ0n) is 26.6. The standard InChI is InChI=1S/C46H30N2O/c1-2-14-31(15-3-1)34-19-6-9-22-39(34)47(33-28-29-45-38(30-33)36-20-8-11-27-44(36)49-45)42-25-13-26-43-46(42)37-21-7-10-23-41(37)48(43)40-24-12-17-32-16-4-5-18-35(32)40/h1-30H. The normalized spacial score (nSPS) is 11.7. The molecule has 0 aliphatic heterocycles. The first-order valence-corrected chi connectivity index (χ1v) is 16.7. The first-order chi connectivity index (χ1) is 24.3. The maximum Gasteiger partial charge on any atom is 0.135 e. The van der Waals surface area contributed by atoms with Crippen molar-refractivity contribution in [1.82, 2.24) is 4.57 Å². The maximum absolute atomic E-state index is 6.29. The molecule has 10 aromatic rings. The summed E-state index contributed by atoms with van der Waals surface area (Å²) in [5, 5.41) is 7.06. The number of hydrogen-bond acceptors (Lipinski definition) is 2. The Balaban J connectivity index is 1.32. The van der Waals surface area contributed by atoms with Crippen molar-refractivity contribution in [2.45, 2.75) is 0 Å². The van der Waals surface area contributed by atoms with Crippen molar-refractivity contribution in [2.75, 3.05) is 4.90 Å². The average Bonchev–Trinajstić information content (AvgIpc) is 3.71. The topological polar surface area (TPSA) is 21.3 Å². The Morgan fingerprint density at radius 1 is 0.429 bits per heavy atom. The van der Waals surface area contributed by atoms with Crippen LogP contribution in [-0.4, -0.2) is 4.57 Å². The van der Waals surface area contributed by atoms with E-state index in [-0.39, 0.29) is 0 Å². The molecule has 2 aromatic heterocycles. The molecule has 3 heteroatoms. The molecule has 0 saturated heterocycles. The number of para-hydroxylation sites is 3. The second-order valence-electron chi connectivity index (χ2n) is 12.5. The number of aromatic nitrogens is 1. The van der Waals surface area contributed by atoms with Crippen LogP contribution in [0.1, 0.15) is 0 Å². The number of nitrogens with zero attached hydrogens (tertiary/aromatic N) is 2. The summed E-state index contributed by atoms with van der Waals surface area (Å²) in [5.74, 6) is 0. The Kier molecular flexibility index (Phi) is 6.18. The lowest BCUT2D eigenvalue weighted by molar-refractivity contribution is 0.669. The molecule has 3 nitrogen and oxygen atoms in total. The summed E-state index contributed by atoms with van der Waals surface area (Å²) in [7, 11) is 0. The van der Waals surface area contributed by atoms with Crippen molar-refractivity contribution >= 4 is 71.6 Å². The zero-order valence-corrected chi connectivity index (χ0v) is 26.6. The number of anilines is 3. The lowest BCUT2D eigenvalue weighted by atomic mass is 10.0. The SMILES string of the molecule is c1ccc(-c2ccccc2N(c2ccc3oc4ccccc4c3c2)c2cccc3c2c2ccccc2n3-c2cccc3ccccc23)cc1. The molecule has 0 aliphatic carbocycles. The van der Waals surface area contributed by atoms with Crippen LogP contribution in [0, 0.1) is 0 Å². The summed E-state index contributed by atoms with van der Waals surface area (Å²) in [6, 6.07) is 65.0. The van der Waals surface area contributed by atoms with Crippen LogP contribution >= 0.6 is 0 Å². The minimum absolute atomic E-state index is 0.881. The van der Waals surface area contributed by atoms with Gasteiger partial charge in [0.1, 0.15) is 11.2 Å². The molecule has 0 aliphatic rings. The molecule has 0 atom stereocenters. The van der Waals surface area contributed by atoms with Gasteiger partial charge in [0.25, 0.3) is 0 Å². The van der Waals surface area contributed by atoms with Crippen LogP contribution < -0.4 is 4.90 Å². The number of furan rings is 1. The van der Waals surface area contributed by atoms with Crippen molar-refractivity contribution in [3.63, 3.8) is 0 Å². The van der Waals surface area contributed by atoms with E-state index in [0.29, 0.717) is 0 Å². The van der Waals surface area contributed by atoms with Gasteiger partial charge in [0, 0.05) is 38.2 Å². The van der Waals surface area contributed by atoms with Crippen LogP contribution in [0.15, 0.2) is 186 Å². The van der Waals surface area contributed by atoms with Crippen LogP contribution in [0.4, 0.5) is 17.1 Å². The Morgan fingerprint density at radius 3 is 2.00 bits per heavy atom. The fourth-order valence-electron chi connectivity index (χ4n) is 7.64. The van der Waals surface area contributed by atoms with Crippen molar-refractivity contribution in [2.24, 2.45) is 0 Å². The fourth-order valence-corrected chi connectivity index (χ4v) is 7.64. The Labute approximate surface area is 283 Å². The minimum atomic E-state index is 0.881. The fraction of sp³-hybridized carbons (Fsp3) is 0. The maximum atomic E-state index is 6.29. The van der Waals surface area contributed by atoms with E-state index in [2.05, 4.69) is 179 Å². The van der Waals surface area contributed by atoms with Crippen LogP contribution in [0.3, 0.4) is 0 Å². The molecule has 10 rings (SSSR count). The van der Waals surface area contributed by atoms with Crippen molar-refractivity contribution < 1.29 is 4.42 Å². The molecule has 0 fully saturated rings. The molecular formula is C46H30N2O. The summed E-state index contributed by atoms with van der Waals surface area (Å²) in [4.78, 5) is 2.44. The molecule has 0 bridgehead atoms. The van der Waals surface area contributed by atoms with Gasteiger partial charge in [0.15, 0.2) is 0 Å². The predicted molar refractivity (Wildman–Crippen MR) is 206 cm³/mol. The lowest BCUT2D eigenvalue weighted by Crippen LogP contribution is -2.11. The molecule has 230 valence electrons. The lowest BCUT2D eigenvalue weighted by Gasteiger charge is -2.29. The average molecular weight is 627 g/mol. The van der Waals surface area contributed by atoms with Gasteiger partial charge in [0.05, 0.1) is 28.1 Å².